The van der Waals surface area contributed by atoms with Crippen molar-refractivity contribution >= 4 is 75.8 Å². The van der Waals surface area contributed by atoms with Crippen molar-refractivity contribution in [2.75, 3.05) is 0 Å². The third kappa shape index (κ3) is 3.27. The van der Waals surface area contributed by atoms with Crippen LogP contribution in [0.5, 0.6) is 0 Å². The highest BCUT2D eigenvalue weighted by Gasteiger charge is 2.25. The molecule has 11 rings (SSSR count). The van der Waals surface area contributed by atoms with Crippen molar-refractivity contribution in [2.45, 2.75) is 0 Å². The van der Waals surface area contributed by atoms with Crippen LogP contribution in [0.4, 0.5) is 0 Å². The number of rotatable bonds is 2. The Balaban J connectivity index is 1.11. The molecular formula is C43H23NOS. The highest BCUT2D eigenvalue weighted by Crippen LogP contribution is 2.51. The molecule has 10 aromatic rings. The smallest absolute Gasteiger partial charge is 0.143 e. The predicted octanol–water partition coefficient (Wildman–Crippen LogP) is 12.6. The molecule has 0 bridgehead atoms. The summed E-state index contributed by atoms with van der Waals surface area (Å²) in [6, 6.07) is 50.6. The number of furan rings is 1. The number of aromatic nitrogens is 1. The van der Waals surface area contributed by atoms with Gasteiger partial charge in [-0.15, -0.1) is 11.3 Å². The average molecular weight is 602 g/mol. The van der Waals surface area contributed by atoms with Crippen LogP contribution in [0.25, 0.3) is 108 Å². The molecule has 0 N–H and O–H groups in total. The lowest BCUT2D eigenvalue weighted by atomic mass is 9.94. The number of nitrogens with zero attached hydrogens (tertiary/aromatic N) is 1. The number of fused-ring (bicyclic) bond motifs is 12. The van der Waals surface area contributed by atoms with E-state index in [0.717, 1.165) is 27.3 Å². The first-order valence-corrected chi connectivity index (χ1v) is 16.4. The van der Waals surface area contributed by atoms with Crippen molar-refractivity contribution in [3.8, 4) is 44.0 Å². The Morgan fingerprint density at radius 3 is 2.20 bits per heavy atom. The molecule has 0 spiro atoms. The third-order valence-corrected chi connectivity index (χ3v) is 10.9. The summed E-state index contributed by atoms with van der Waals surface area (Å²) in [5.41, 5.74) is 11.7. The standard InChI is InChI=1S/C43H23NOS/c1-2-7-26(8-3-1)43-44-41-38(46-43)20-18-25-15-13-24-14-16-27(21-33(24)39(25)41)28-17-19-29-34(22-28)31-10-6-11-32-40(31)35(29)23-36-30-9-4-5-12-37(30)45-42(32)36/h1-23H. The first kappa shape index (κ1) is 24.5. The lowest BCUT2D eigenvalue weighted by Gasteiger charge is -2.10. The molecule has 0 saturated heterocycles. The van der Waals surface area contributed by atoms with Crippen LogP contribution >= 0.6 is 11.3 Å². The molecule has 212 valence electrons. The maximum absolute atomic E-state index is 6.42. The van der Waals surface area contributed by atoms with E-state index in [0.29, 0.717) is 0 Å². The molecule has 0 aliphatic heterocycles. The molecule has 0 atom stereocenters. The summed E-state index contributed by atoms with van der Waals surface area (Å²) in [7, 11) is 0. The monoisotopic (exact) mass is 601 g/mol. The van der Waals surface area contributed by atoms with Gasteiger partial charge in [-0.25, -0.2) is 4.98 Å². The summed E-state index contributed by atoms with van der Waals surface area (Å²) in [6.07, 6.45) is 0. The maximum Gasteiger partial charge on any atom is 0.143 e. The fraction of sp³-hybridized carbons (Fsp3) is 0. The molecule has 3 heteroatoms. The van der Waals surface area contributed by atoms with E-state index >= 15 is 0 Å². The van der Waals surface area contributed by atoms with Crippen molar-refractivity contribution in [3.05, 3.63) is 140 Å². The molecule has 0 fully saturated rings. The van der Waals surface area contributed by atoms with E-state index in [2.05, 4.69) is 133 Å². The molecule has 1 aliphatic carbocycles. The summed E-state index contributed by atoms with van der Waals surface area (Å²) < 4.78 is 7.64. The normalized spacial score (nSPS) is 12.3. The zero-order chi connectivity index (χ0) is 29.9. The summed E-state index contributed by atoms with van der Waals surface area (Å²) in [4.78, 5) is 5.20. The molecule has 0 saturated carbocycles. The SMILES string of the molecule is c1ccc(-c2nc3c(ccc4ccc5ccc(-c6ccc7c(c6)-c6cccc8c6c-7cc6c7ccccc7oc86)cc5c43)s2)cc1. The second-order valence-corrected chi connectivity index (χ2v) is 13.3. The van der Waals surface area contributed by atoms with Gasteiger partial charge in [0, 0.05) is 32.5 Å². The number of hydrogen-bond acceptors (Lipinski definition) is 3. The molecule has 2 heterocycles. The minimum absolute atomic E-state index is 0.938. The van der Waals surface area contributed by atoms with Crippen LogP contribution in [0.1, 0.15) is 0 Å². The van der Waals surface area contributed by atoms with Crippen LogP contribution in [0.3, 0.4) is 0 Å². The van der Waals surface area contributed by atoms with Crippen LogP contribution in [-0.2, 0) is 0 Å². The minimum atomic E-state index is 0.938. The lowest BCUT2D eigenvalue weighted by Crippen LogP contribution is -1.85. The summed E-state index contributed by atoms with van der Waals surface area (Å²) in [5.74, 6) is 0. The maximum atomic E-state index is 6.42. The molecule has 8 aromatic carbocycles. The fourth-order valence-electron chi connectivity index (χ4n) is 7.69. The minimum Gasteiger partial charge on any atom is -0.455 e. The molecule has 0 unspecified atom stereocenters. The first-order chi connectivity index (χ1) is 22.8. The molecule has 46 heavy (non-hydrogen) atoms. The summed E-state index contributed by atoms with van der Waals surface area (Å²) in [5, 5.41) is 10.8. The highest BCUT2D eigenvalue weighted by atomic mass is 32.1. The number of para-hydroxylation sites is 1. The van der Waals surface area contributed by atoms with E-state index in [1.165, 1.54) is 81.2 Å². The van der Waals surface area contributed by atoms with Gasteiger partial charge in [0.2, 0.25) is 0 Å². The summed E-state index contributed by atoms with van der Waals surface area (Å²) >= 11 is 1.76. The van der Waals surface area contributed by atoms with Crippen molar-refractivity contribution in [3.63, 3.8) is 0 Å². The zero-order valence-electron chi connectivity index (χ0n) is 24.5. The molecule has 0 amide bonds. The Morgan fingerprint density at radius 2 is 1.24 bits per heavy atom. The predicted molar refractivity (Wildman–Crippen MR) is 195 cm³/mol. The van der Waals surface area contributed by atoms with Crippen molar-refractivity contribution < 1.29 is 4.42 Å². The Bertz CT molecular complexity index is 2910. The first-order valence-electron chi connectivity index (χ1n) is 15.6. The van der Waals surface area contributed by atoms with Crippen LogP contribution in [0, 0.1) is 0 Å². The molecular weight excluding hydrogens is 579 g/mol. The second-order valence-electron chi connectivity index (χ2n) is 12.3. The van der Waals surface area contributed by atoms with E-state index in [1.807, 2.05) is 6.07 Å². The van der Waals surface area contributed by atoms with Crippen molar-refractivity contribution in [1.82, 2.24) is 4.98 Å². The van der Waals surface area contributed by atoms with Gasteiger partial charge in [0.25, 0.3) is 0 Å². The Kier molecular flexibility index (Phi) is 4.75. The Hall–Kier alpha value is -5.77. The van der Waals surface area contributed by atoms with Gasteiger partial charge in [0.15, 0.2) is 0 Å². The fourth-order valence-corrected chi connectivity index (χ4v) is 8.67. The Labute approximate surface area is 267 Å². The van der Waals surface area contributed by atoms with Gasteiger partial charge < -0.3 is 4.42 Å². The van der Waals surface area contributed by atoms with Gasteiger partial charge in [0.05, 0.1) is 10.2 Å². The molecule has 2 nitrogen and oxygen atoms in total. The number of benzene rings is 8. The van der Waals surface area contributed by atoms with Gasteiger partial charge in [0.1, 0.15) is 16.2 Å². The van der Waals surface area contributed by atoms with E-state index in [-0.39, 0.29) is 0 Å². The van der Waals surface area contributed by atoms with Crippen LogP contribution in [0.2, 0.25) is 0 Å². The largest absolute Gasteiger partial charge is 0.455 e. The van der Waals surface area contributed by atoms with Crippen LogP contribution in [-0.4, -0.2) is 4.98 Å². The zero-order valence-corrected chi connectivity index (χ0v) is 25.4. The molecule has 2 aromatic heterocycles. The van der Waals surface area contributed by atoms with Gasteiger partial charge in [-0.1, -0.05) is 109 Å². The molecule has 0 radical (unpaired) electrons. The highest BCUT2D eigenvalue weighted by molar-refractivity contribution is 7.21. The van der Waals surface area contributed by atoms with Crippen LogP contribution < -0.4 is 0 Å². The molecule has 1 aliphatic rings. The van der Waals surface area contributed by atoms with E-state index < -0.39 is 0 Å². The third-order valence-electron chi connectivity index (χ3n) is 9.81. The lowest BCUT2D eigenvalue weighted by molar-refractivity contribution is 0.672. The number of hydrogen-bond donors (Lipinski definition) is 0. The van der Waals surface area contributed by atoms with E-state index in [9.17, 15) is 0 Å². The van der Waals surface area contributed by atoms with Crippen molar-refractivity contribution in [1.29, 1.82) is 0 Å². The Morgan fingerprint density at radius 1 is 0.457 bits per heavy atom. The average Bonchev–Trinajstić information content (AvgIpc) is 3.81. The van der Waals surface area contributed by atoms with Crippen LogP contribution in [0.15, 0.2) is 144 Å². The van der Waals surface area contributed by atoms with Gasteiger partial charge in [-0.05, 0) is 79.9 Å². The van der Waals surface area contributed by atoms with Gasteiger partial charge >= 0.3 is 0 Å². The van der Waals surface area contributed by atoms with Gasteiger partial charge in [-0.3, -0.25) is 0 Å². The van der Waals surface area contributed by atoms with E-state index in [4.69, 9.17) is 9.40 Å². The second kappa shape index (κ2) is 8.91. The summed E-state index contributed by atoms with van der Waals surface area (Å²) in [6.45, 7) is 0. The van der Waals surface area contributed by atoms with E-state index in [1.54, 1.807) is 11.3 Å². The topological polar surface area (TPSA) is 26.0 Å². The van der Waals surface area contributed by atoms with Gasteiger partial charge in [-0.2, -0.15) is 0 Å². The quantitative estimate of drug-likeness (QED) is 0.184. The number of thiazole rings is 1. The van der Waals surface area contributed by atoms with Crippen molar-refractivity contribution in [2.24, 2.45) is 0 Å².